The number of rotatable bonds is 9. The number of thiophene rings is 1. The van der Waals surface area contributed by atoms with E-state index in [0.717, 1.165) is 12.8 Å². The summed E-state index contributed by atoms with van der Waals surface area (Å²) >= 11 is 1.74. The summed E-state index contributed by atoms with van der Waals surface area (Å²) in [4.78, 5) is 13.6. The first-order chi connectivity index (χ1) is 13.3. The zero-order valence-electron chi connectivity index (χ0n) is 15.7. The van der Waals surface area contributed by atoms with Crippen molar-refractivity contribution in [2.75, 3.05) is 13.1 Å². The Bertz CT molecular complexity index is 813. The van der Waals surface area contributed by atoms with Crippen molar-refractivity contribution in [3.63, 3.8) is 0 Å². The van der Waals surface area contributed by atoms with Gasteiger partial charge in [-0.25, -0.2) is 0 Å². The van der Waals surface area contributed by atoms with E-state index < -0.39 is 0 Å². The van der Waals surface area contributed by atoms with Gasteiger partial charge in [0.25, 0.3) is 5.91 Å². The third-order valence-electron chi connectivity index (χ3n) is 4.71. The molecule has 2 aromatic carbocycles. The Balaban J connectivity index is 1.55. The third-order valence-corrected chi connectivity index (χ3v) is 5.67. The van der Waals surface area contributed by atoms with Gasteiger partial charge in [0.2, 0.25) is 0 Å². The molecule has 0 aliphatic heterocycles. The van der Waals surface area contributed by atoms with Crippen LogP contribution in [-0.4, -0.2) is 19.0 Å². The number of amides is 1. The van der Waals surface area contributed by atoms with Crippen LogP contribution in [0.25, 0.3) is 0 Å². The van der Waals surface area contributed by atoms with E-state index >= 15 is 0 Å². The Hall–Kier alpha value is -2.43. The molecular weight excluding hydrogens is 352 g/mol. The molecule has 4 heteroatoms. The van der Waals surface area contributed by atoms with Crippen LogP contribution in [0.1, 0.15) is 34.5 Å². The second-order valence-electron chi connectivity index (χ2n) is 6.61. The summed E-state index contributed by atoms with van der Waals surface area (Å²) in [5.41, 5.74) is 3.82. The number of carbonyl (C=O) groups is 1. The average molecular weight is 380 g/mol. The lowest BCUT2D eigenvalue weighted by atomic mass is 10.0. The SMILES string of the molecule is CCc1ccc([C@H]([NH2+]CC(=O)NCCc2ccccc2)c2cccs2)cc1. The number of quaternary nitrogens is 1. The van der Waals surface area contributed by atoms with Crippen molar-refractivity contribution < 1.29 is 10.1 Å². The smallest absolute Gasteiger partial charge is 0.275 e. The normalized spacial score (nSPS) is 11.9. The summed E-state index contributed by atoms with van der Waals surface area (Å²) in [5.74, 6) is 0.0812. The molecule has 0 unspecified atom stereocenters. The van der Waals surface area contributed by atoms with Gasteiger partial charge < -0.3 is 10.6 Å². The summed E-state index contributed by atoms with van der Waals surface area (Å²) in [6.07, 6.45) is 1.90. The van der Waals surface area contributed by atoms with E-state index in [-0.39, 0.29) is 11.9 Å². The molecule has 0 aliphatic carbocycles. The van der Waals surface area contributed by atoms with Crippen molar-refractivity contribution >= 4 is 17.2 Å². The lowest BCUT2D eigenvalue weighted by Crippen LogP contribution is -2.87. The number of nitrogens with two attached hydrogens (primary N) is 1. The number of hydrogen-bond acceptors (Lipinski definition) is 2. The van der Waals surface area contributed by atoms with Crippen LogP contribution in [0, 0.1) is 0 Å². The molecule has 1 aromatic heterocycles. The molecule has 0 saturated heterocycles. The third kappa shape index (κ3) is 5.78. The van der Waals surface area contributed by atoms with Gasteiger partial charge >= 0.3 is 0 Å². The van der Waals surface area contributed by atoms with E-state index in [9.17, 15) is 4.79 Å². The summed E-state index contributed by atoms with van der Waals surface area (Å²) in [6, 6.07) is 23.4. The molecule has 0 fully saturated rings. The minimum absolute atomic E-state index is 0.0812. The second-order valence-corrected chi connectivity index (χ2v) is 7.59. The predicted octanol–water partition coefficient (Wildman–Crippen LogP) is 3.32. The van der Waals surface area contributed by atoms with Crippen molar-refractivity contribution in [2.45, 2.75) is 25.8 Å². The predicted molar refractivity (Wildman–Crippen MR) is 112 cm³/mol. The molecule has 1 atom stereocenters. The van der Waals surface area contributed by atoms with Gasteiger partial charge in [-0.05, 0) is 35.4 Å². The monoisotopic (exact) mass is 379 g/mol. The molecule has 0 radical (unpaired) electrons. The van der Waals surface area contributed by atoms with Crippen LogP contribution in [0.5, 0.6) is 0 Å². The van der Waals surface area contributed by atoms with Crippen LogP contribution in [0.2, 0.25) is 0 Å². The van der Waals surface area contributed by atoms with Crippen molar-refractivity contribution in [3.05, 3.63) is 93.7 Å². The van der Waals surface area contributed by atoms with Crippen LogP contribution in [0.15, 0.2) is 72.1 Å². The fraction of sp³-hybridized carbons (Fsp3) is 0.261. The molecule has 0 spiro atoms. The van der Waals surface area contributed by atoms with E-state index in [1.807, 2.05) is 18.2 Å². The number of benzene rings is 2. The van der Waals surface area contributed by atoms with Gasteiger partial charge in [0, 0.05) is 12.1 Å². The van der Waals surface area contributed by atoms with Gasteiger partial charge in [0.05, 0.1) is 4.88 Å². The summed E-state index contributed by atoms with van der Waals surface area (Å²) < 4.78 is 0. The van der Waals surface area contributed by atoms with Crippen molar-refractivity contribution in [3.8, 4) is 0 Å². The summed E-state index contributed by atoms with van der Waals surface area (Å²) in [7, 11) is 0. The van der Waals surface area contributed by atoms with Crippen LogP contribution in [0.3, 0.4) is 0 Å². The van der Waals surface area contributed by atoms with Gasteiger partial charge in [-0.15, -0.1) is 11.3 Å². The van der Waals surface area contributed by atoms with E-state index in [1.54, 1.807) is 11.3 Å². The zero-order chi connectivity index (χ0) is 18.9. The zero-order valence-corrected chi connectivity index (χ0v) is 16.5. The fourth-order valence-corrected chi connectivity index (χ4v) is 3.98. The van der Waals surface area contributed by atoms with E-state index in [4.69, 9.17) is 0 Å². The van der Waals surface area contributed by atoms with Crippen LogP contribution >= 0.6 is 11.3 Å². The minimum atomic E-state index is 0.0812. The highest BCUT2D eigenvalue weighted by Gasteiger charge is 2.19. The molecule has 0 saturated carbocycles. The maximum Gasteiger partial charge on any atom is 0.275 e. The van der Waals surface area contributed by atoms with Gasteiger partial charge in [-0.3, -0.25) is 4.79 Å². The van der Waals surface area contributed by atoms with Gasteiger partial charge in [0.1, 0.15) is 6.04 Å². The Morgan fingerprint density at radius 2 is 1.78 bits per heavy atom. The Morgan fingerprint density at radius 1 is 1.00 bits per heavy atom. The van der Waals surface area contributed by atoms with Crippen LogP contribution in [-0.2, 0) is 17.6 Å². The molecule has 0 aliphatic rings. The number of hydrogen-bond donors (Lipinski definition) is 2. The maximum absolute atomic E-state index is 12.3. The molecular formula is C23H27N2OS+. The minimum Gasteiger partial charge on any atom is -0.351 e. The maximum atomic E-state index is 12.3. The first-order valence-corrected chi connectivity index (χ1v) is 10.4. The molecule has 1 heterocycles. The lowest BCUT2D eigenvalue weighted by Gasteiger charge is -2.15. The molecule has 27 heavy (non-hydrogen) atoms. The Morgan fingerprint density at radius 3 is 2.44 bits per heavy atom. The molecule has 1 amide bonds. The second kappa shape index (κ2) is 10.0. The molecule has 3 nitrogen and oxygen atoms in total. The fourth-order valence-electron chi connectivity index (χ4n) is 3.13. The quantitative estimate of drug-likeness (QED) is 0.589. The van der Waals surface area contributed by atoms with E-state index in [2.05, 4.69) is 71.5 Å². The van der Waals surface area contributed by atoms with Crippen molar-refractivity contribution in [1.29, 1.82) is 0 Å². The highest BCUT2D eigenvalue weighted by Crippen LogP contribution is 2.23. The van der Waals surface area contributed by atoms with Crippen molar-refractivity contribution in [1.82, 2.24) is 5.32 Å². The van der Waals surface area contributed by atoms with E-state index in [1.165, 1.54) is 21.6 Å². The van der Waals surface area contributed by atoms with Gasteiger partial charge in [0.15, 0.2) is 6.54 Å². The van der Waals surface area contributed by atoms with Gasteiger partial charge in [-0.2, -0.15) is 0 Å². The van der Waals surface area contributed by atoms with Crippen molar-refractivity contribution in [2.24, 2.45) is 0 Å². The Labute approximate surface area is 165 Å². The number of carbonyl (C=O) groups excluding carboxylic acids is 1. The number of nitrogens with one attached hydrogen (secondary N) is 1. The standard InChI is InChI=1S/C23H26N2OS/c1-2-18-10-12-20(13-11-18)23(21-9-6-16-27-21)25-17-22(26)24-15-14-19-7-4-3-5-8-19/h3-13,16,23,25H,2,14-15,17H2,1H3,(H,24,26)/p+1/t23-/m0/s1. The highest BCUT2D eigenvalue weighted by atomic mass is 32.1. The summed E-state index contributed by atoms with van der Waals surface area (Å²) in [6.45, 7) is 3.26. The lowest BCUT2D eigenvalue weighted by molar-refractivity contribution is -0.676. The average Bonchev–Trinajstić information content (AvgIpc) is 3.24. The van der Waals surface area contributed by atoms with E-state index in [0.29, 0.717) is 13.1 Å². The molecule has 3 rings (SSSR count). The van der Waals surface area contributed by atoms with Crippen LogP contribution in [0.4, 0.5) is 0 Å². The Kier molecular flexibility index (Phi) is 7.19. The topological polar surface area (TPSA) is 45.7 Å². The van der Waals surface area contributed by atoms with Crippen LogP contribution < -0.4 is 10.6 Å². The molecule has 3 N–H and O–H groups in total. The molecule has 0 bridgehead atoms. The largest absolute Gasteiger partial charge is 0.351 e. The molecule has 3 aromatic rings. The first-order valence-electron chi connectivity index (χ1n) is 9.52. The number of aryl methyl sites for hydroxylation is 1. The molecule has 140 valence electrons. The van der Waals surface area contributed by atoms with Gasteiger partial charge in [-0.1, -0.05) is 67.6 Å². The summed E-state index contributed by atoms with van der Waals surface area (Å²) in [5, 5.41) is 7.26. The first kappa shape index (κ1) is 19.3. The highest BCUT2D eigenvalue weighted by molar-refractivity contribution is 7.10.